The normalized spacial score (nSPS) is 12.1. The lowest BCUT2D eigenvalue weighted by molar-refractivity contribution is 0.261. The minimum atomic E-state index is -3.28. The molecule has 0 radical (unpaired) electrons. The Morgan fingerprint density at radius 3 is 2.45 bits per heavy atom. The molecule has 0 aromatic carbocycles. The molecule has 0 bridgehead atoms. The van der Waals surface area contributed by atoms with Gasteiger partial charge in [-0.25, -0.2) is 13.4 Å². The van der Waals surface area contributed by atoms with Crippen LogP contribution in [0.4, 0.5) is 0 Å². The van der Waals surface area contributed by atoms with Crippen molar-refractivity contribution in [2.45, 2.75) is 38.6 Å². The first-order chi connectivity index (χ1) is 9.31. The van der Waals surface area contributed by atoms with E-state index in [0.29, 0.717) is 24.9 Å². The molecule has 1 heterocycles. The van der Waals surface area contributed by atoms with Crippen LogP contribution >= 0.6 is 0 Å². The lowest BCUT2D eigenvalue weighted by atomic mass is 10.2. The summed E-state index contributed by atoms with van der Waals surface area (Å²) < 4.78 is 29.6. The molecule has 20 heavy (non-hydrogen) atoms. The van der Waals surface area contributed by atoms with Crippen molar-refractivity contribution in [2.24, 2.45) is 5.92 Å². The van der Waals surface area contributed by atoms with E-state index >= 15 is 0 Å². The monoisotopic (exact) mass is 300 g/mol. The number of nitrogens with one attached hydrogen (secondary N) is 1. The Kier molecular flexibility index (Phi) is 6.42. The predicted molar refractivity (Wildman–Crippen MR) is 79.8 cm³/mol. The van der Waals surface area contributed by atoms with Crippen LogP contribution in [0, 0.1) is 5.92 Å². The van der Waals surface area contributed by atoms with Crippen LogP contribution in [0.25, 0.3) is 0 Å². The quantitative estimate of drug-likeness (QED) is 0.794. The maximum atomic E-state index is 12.1. The molecule has 0 saturated heterocycles. The molecule has 1 aromatic heterocycles. The van der Waals surface area contributed by atoms with Gasteiger partial charge in [0.1, 0.15) is 0 Å². The lowest BCUT2D eigenvalue weighted by Crippen LogP contribution is -2.28. The second-order valence-electron chi connectivity index (χ2n) is 5.46. The molecule has 0 unspecified atom stereocenters. The van der Waals surface area contributed by atoms with Gasteiger partial charge in [-0.15, -0.1) is 0 Å². The molecule has 0 aliphatic rings. The van der Waals surface area contributed by atoms with Crippen LogP contribution in [0.15, 0.2) is 23.2 Å². The highest BCUT2D eigenvalue weighted by Gasteiger charge is 2.15. The van der Waals surface area contributed by atoms with Gasteiger partial charge in [-0.2, -0.15) is 0 Å². The summed E-state index contributed by atoms with van der Waals surface area (Å²) in [6.45, 7) is 9.05. The van der Waals surface area contributed by atoms with Crippen molar-refractivity contribution in [3.05, 3.63) is 18.3 Å². The first-order valence-electron chi connectivity index (χ1n) is 6.86. The summed E-state index contributed by atoms with van der Waals surface area (Å²) in [5.74, 6) is 0.930. The molecule has 1 N–H and O–H groups in total. The number of hydrogen-bond acceptors (Lipinski definition) is 5. The molecule has 0 atom stereocenters. The molecule has 1 rings (SSSR count). The van der Waals surface area contributed by atoms with Crippen molar-refractivity contribution in [2.75, 3.05) is 18.9 Å². The molecule has 0 fully saturated rings. The van der Waals surface area contributed by atoms with Gasteiger partial charge in [-0.1, -0.05) is 27.7 Å². The van der Waals surface area contributed by atoms with Crippen molar-refractivity contribution >= 4 is 9.84 Å². The second kappa shape index (κ2) is 7.59. The van der Waals surface area contributed by atoms with Gasteiger partial charge in [0.05, 0.1) is 17.3 Å². The van der Waals surface area contributed by atoms with E-state index in [-0.39, 0.29) is 16.7 Å². The Hall–Kier alpha value is -1.14. The molecule has 6 heteroatoms. The highest BCUT2D eigenvalue weighted by molar-refractivity contribution is 7.91. The summed E-state index contributed by atoms with van der Waals surface area (Å²) in [6, 6.07) is 3.42. The third-order valence-electron chi connectivity index (χ3n) is 2.56. The first-order valence-corrected chi connectivity index (χ1v) is 8.51. The molecule has 0 spiro atoms. The highest BCUT2D eigenvalue weighted by atomic mass is 32.2. The third kappa shape index (κ3) is 5.88. The molecular weight excluding hydrogens is 276 g/mol. The summed E-state index contributed by atoms with van der Waals surface area (Å²) >= 11 is 0. The molecule has 114 valence electrons. The fourth-order valence-corrected chi connectivity index (χ4v) is 2.60. The summed E-state index contributed by atoms with van der Waals surface area (Å²) in [6.07, 6.45) is 1.36. The number of nitrogens with zero attached hydrogens (tertiary/aromatic N) is 1. The van der Waals surface area contributed by atoms with E-state index in [0.717, 1.165) is 0 Å². The van der Waals surface area contributed by atoms with E-state index in [1.165, 1.54) is 6.20 Å². The van der Waals surface area contributed by atoms with E-state index in [1.807, 2.05) is 27.7 Å². The Labute approximate surface area is 121 Å². The second-order valence-corrected chi connectivity index (χ2v) is 7.57. The number of sulfone groups is 1. The van der Waals surface area contributed by atoms with Crippen LogP contribution in [0.1, 0.15) is 27.7 Å². The van der Waals surface area contributed by atoms with E-state index in [9.17, 15) is 8.42 Å². The largest absolute Gasteiger partial charge is 0.477 e. The maximum absolute atomic E-state index is 12.1. The summed E-state index contributed by atoms with van der Waals surface area (Å²) in [7, 11) is -3.28. The summed E-state index contributed by atoms with van der Waals surface area (Å²) in [5, 5.41) is 3.09. The minimum Gasteiger partial charge on any atom is -0.477 e. The van der Waals surface area contributed by atoms with Crippen molar-refractivity contribution in [3.8, 4) is 5.88 Å². The zero-order valence-corrected chi connectivity index (χ0v) is 13.4. The average molecular weight is 300 g/mol. The molecule has 0 aliphatic carbocycles. The van der Waals surface area contributed by atoms with Gasteiger partial charge in [0.2, 0.25) is 5.88 Å². The molecule has 1 aromatic rings. The summed E-state index contributed by atoms with van der Waals surface area (Å²) in [4.78, 5) is 4.27. The number of ether oxygens (including phenoxy) is 1. The Bertz CT molecular complexity index is 496. The van der Waals surface area contributed by atoms with Gasteiger partial charge >= 0.3 is 0 Å². The van der Waals surface area contributed by atoms with Gasteiger partial charge in [0.15, 0.2) is 9.84 Å². The van der Waals surface area contributed by atoms with Crippen molar-refractivity contribution in [3.63, 3.8) is 0 Å². The molecule has 5 nitrogen and oxygen atoms in total. The minimum absolute atomic E-state index is 0.0685. The van der Waals surface area contributed by atoms with Gasteiger partial charge in [-0.05, 0) is 12.0 Å². The van der Waals surface area contributed by atoms with E-state index in [1.54, 1.807) is 12.1 Å². The van der Waals surface area contributed by atoms with Crippen molar-refractivity contribution < 1.29 is 13.2 Å². The van der Waals surface area contributed by atoms with Gasteiger partial charge in [0.25, 0.3) is 0 Å². The average Bonchev–Trinajstić information content (AvgIpc) is 2.36. The predicted octanol–water partition coefficient (Wildman–Crippen LogP) is 1.89. The van der Waals surface area contributed by atoms with Crippen LogP contribution in [0.5, 0.6) is 5.88 Å². The number of rotatable bonds is 8. The van der Waals surface area contributed by atoms with E-state index in [4.69, 9.17) is 4.74 Å². The fraction of sp³-hybridized carbons (Fsp3) is 0.643. The lowest BCUT2D eigenvalue weighted by Gasteiger charge is -2.10. The third-order valence-corrected chi connectivity index (χ3v) is 4.26. The maximum Gasteiger partial charge on any atom is 0.213 e. The van der Waals surface area contributed by atoms with Crippen LogP contribution in [-0.2, 0) is 9.84 Å². The van der Waals surface area contributed by atoms with Crippen molar-refractivity contribution in [1.82, 2.24) is 10.3 Å². The topological polar surface area (TPSA) is 68.3 Å². The molecule has 0 saturated carbocycles. The number of aromatic nitrogens is 1. The Morgan fingerprint density at radius 1 is 1.25 bits per heavy atom. The van der Waals surface area contributed by atoms with E-state index in [2.05, 4.69) is 10.3 Å². The molecule has 0 aliphatic heterocycles. The zero-order chi connectivity index (χ0) is 15.2. The SMILES string of the molecule is CC(C)COc1ccc(S(=O)(=O)CCNC(C)C)cn1. The smallest absolute Gasteiger partial charge is 0.213 e. The number of hydrogen-bond donors (Lipinski definition) is 1. The first kappa shape index (κ1) is 16.9. The van der Waals surface area contributed by atoms with Crippen LogP contribution in [0.3, 0.4) is 0 Å². The van der Waals surface area contributed by atoms with Gasteiger partial charge in [-0.3, -0.25) is 0 Å². The van der Waals surface area contributed by atoms with E-state index < -0.39 is 9.84 Å². The Balaban J connectivity index is 2.62. The summed E-state index contributed by atoms with van der Waals surface area (Å²) in [5.41, 5.74) is 0. The fourth-order valence-electron chi connectivity index (χ4n) is 1.49. The van der Waals surface area contributed by atoms with Gasteiger partial charge in [0, 0.05) is 24.8 Å². The zero-order valence-electron chi connectivity index (χ0n) is 12.6. The van der Waals surface area contributed by atoms with Crippen LogP contribution < -0.4 is 10.1 Å². The van der Waals surface area contributed by atoms with Gasteiger partial charge < -0.3 is 10.1 Å². The molecular formula is C14H24N2O3S. The Morgan fingerprint density at radius 2 is 1.95 bits per heavy atom. The van der Waals surface area contributed by atoms with Crippen molar-refractivity contribution in [1.29, 1.82) is 0 Å². The van der Waals surface area contributed by atoms with Crippen LogP contribution in [0.2, 0.25) is 0 Å². The highest BCUT2D eigenvalue weighted by Crippen LogP contribution is 2.14. The standard InChI is InChI=1S/C14H24N2O3S/c1-11(2)10-19-14-6-5-13(9-16-14)20(17,18)8-7-15-12(3)4/h5-6,9,11-12,15H,7-8,10H2,1-4H3. The number of pyridine rings is 1. The molecule has 0 amide bonds. The van der Waals surface area contributed by atoms with Crippen LogP contribution in [-0.4, -0.2) is 38.3 Å².